The molecule has 29 heavy (non-hydrogen) atoms. The van der Waals surface area contributed by atoms with Crippen molar-refractivity contribution in [1.82, 2.24) is 9.21 Å². The standard InChI is InChI=1S/C21H26N2O5S/c1-16-8-10-18(11-9-16)29(25,26)23-14-12-22(13-15-23)21(24)17(2)28-20-7-5-4-6-19(20)27-3/h4-11,17H,12-15H2,1-3H3/t17-/m1/s1. The van der Waals surface area contributed by atoms with Crippen molar-refractivity contribution in [3.63, 3.8) is 0 Å². The van der Waals surface area contributed by atoms with Crippen molar-refractivity contribution in [3.05, 3.63) is 54.1 Å². The first-order valence-corrected chi connectivity index (χ1v) is 10.9. The van der Waals surface area contributed by atoms with Gasteiger partial charge < -0.3 is 14.4 Å². The van der Waals surface area contributed by atoms with E-state index in [2.05, 4.69) is 0 Å². The molecule has 1 aliphatic heterocycles. The Morgan fingerprint density at radius 2 is 1.55 bits per heavy atom. The number of nitrogens with zero attached hydrogens (tertiary/aromatic N) is 2. The summed E-state index contributed by atoms with van der Waals surface area (Å²) in [7, 11) is -2.01. The van der Waals surface area contributed by atoms with Gasteiger partial charge in [0.1, 0.15) is 0 Å². The van der Waals surface area contributed by atoms with E-state index in [4.69, 9.17) is 9.47 Å². The highest BCUT2D eigenvalue weighted by Crippen LogP contribution is 2.27. The number of benzene rings is 2. The van der Waals surface area contributed by atoms with Gasteiger partial charge in [-0.25, -0.2) is 8.42 Å². The van der Waals surface area contributed by atoms with Crippen LogP contribution in [-0.4, -0.2) is 62.9 Å². The van der Waals surface area contributed by atoms with Crippen molar-refractivity contribution in [2.24, 2.45) is 0 Å². The van der Waals surface area contributed by atoms with Crippen molar-refractivity contribution in [2.75, 3.05) is 33.3 Å². The van der Waals surface area contributed by atoms with Crippen LogP contribution >= 0.6 is 0 Å². The van der Waals surface area contributed by atoms with Crippen LogP contribution in [0.15, 0.2) is 53.4 Å². The highest BCUT2D eigenvalue weighted by Gasteiger charge is 2.32. The first kappa shape index (κ1) is 21.1. The SMILES string of the molecule is COc1ccccc1O[C@H](C)C(=O)N1CCN(S(=O)(=O)c2ccc(C)cc2)CC1. The number of rotatable bonds is 6. The fraction of sp³-hybridized carbons (Fsp3) is 0.381. The van der Waals surface area contributed by atoms with E-state index in [-0.39, 0.29) is 23.9 Å². The van der Waals surface area contributed by atoms with E-state index in [0.29, 0.717) is 24.6 Å². The van der Waals surface area contributed by atoms with Crippen molar-refractivity contribution >= 4 is 15.9 Å². The first-order valence-electron chi connectivity index (χ1n) is 9.48. The lowest BCUT2D eigenvalue weighted by Gasteiger charge is -2.35. The molecule has 3 rings (SSSR count). The maximum Gasteiger partial charge on any atom is 0.263 e. The molecule has 0 aliphatic carbocycles. The van der Waals surface area contributed by atoms with Gasteiger partial charge in [-0.2, -0.15) is 4.31 Å². The first-order chi connectivity index (χ1) is 13.8. The van der Waals surface area contributed by atoms with Crippen molar-refractivity contribution in [2.45, 2.75) is 24.8 Å². The van der Waals surface area contributed by atoms with E-state index in [1.165, 1.54) is 4.31 Å². The van der Waals surface area contributed by atoms with Crippen LogP contribution in [0.5, 0.6) is 11.5 Å². The number of amides is 1. The molecule has 2 aromatic carbocycles. The molecule has 0 unspecified atom stereocenters. The molecule has 0 radical (unpaired) electrons. The lowest BCUT2D eigenvalue weighted by atomic mass is 10.2. The Hall–Kier alpha value is -2.58. The molecular weight excluding hydrogens is 392 g/mol. The number of carbonyl (C=O) groups is 1. The molecule has 156 valence electrons. The molecule has 1 saturated heterocycles. The molecule has 0 saturated carbocycles. The van der Waals surface area contributed by atoms with E-state index in [1.807, 2.05) is 19.1 Å². The van der Waals surface area contributed by atoms with Gasteiger partial charge in [0.15, 0.2) is 17.6 Å². The average molecular weight is 419 g/mol. The fourth-order valence-corrected chi connectivity index (χ4v) is 4.64. The molecule has 1 amide bonds. The van der Waals surface area contributed by atoms with Gasteiger partial charge in [-0.15, -0.1) is 0 Å². The molecule has 0 spiro atoms. The minimum absolute atomic E-state index is 0.178. The molecule has 1 heterocycles. The Bertz CT molecular complexity index is 951. The maximum absolute atomic E-state index is 12.8. The van der Waals surface area contributed by atoms with Gasteiger partial charge in [0.25, 0.3) is 5.91 Å². The van der Waals surface area contributed by atoms with Crippen LogP contribution in [0.1, 0.15) is 12.5 Å². The summed E-state index contributed by atoms with van der Waals surface area (Å²) in [4.78, 5) is 14.7. The molecule has 1 atom stereocenters. The van der Waals surface area contributed by atoms with Gasteiger partial charge in [-0.05, 0) is 38.1 Å². The second-order valence-electron chi connectivity index (χ2n) is 6.95. The monoisotopic (exact) mass is 418 g/mol. The van der Waals surface area contributed by atoms with Crippen molar-refractivity contribution in [1.29, 1.82) is 0 Å². The number of aryl methyl sites for hydroxylation is 1. The Morgan fingerprint density at radius 1 is 0.966 bits per heavy atom. The summed E-state index contributed by atoms with van der Waals surface area (Å²) in [6, 6.07) is 13.9. The third kappa shape index (κ3) is 4.71. The molecule has 0 N–H and O–H groups in total. The fourth-order valence-electron chi connectivity index (χ4n) is 3.22. The van der Waals surface area contributed by atoms with Crippen molar-refractivity contribution in [3.8, 4) is 11.5 Å². The zero-order valence-corrected chi connectivity index (χ0v) is 17.7. The summed E-state index contributed by atoms with van der Waals surface area (Å²) < 4.78 is 38.1. The van der Waals surface area contributed by atoms with Gasteiger partial charge in [0.05, 0.1) is 12.0 Å². The Kier molecular flexibility index (Phi) is 6.44. The molecule has 1 fully saturated rings. The zero-order valence-electron chi connectivity index (χ0n) is 16.9. The smallest absolute Gasteiger partial charge is 0.263 e. The van der Waals surface area contributed by atoms with Gasteiger partial charge >= 0.3 is 0 Å². The molecule has 7 nitrogen and oxygen atoms in total. The van der Waals surface area contributed by atoms with Crippen LogP contribution in [0.25, 0.3) is 0 Å². The zero-order chi connectivity index (χ0) is 21.0. The average Bonchev–Trinajstić information content (AvgIpc) is 2.74. The second kappa shape index (κ2) is 8.84. The number of carbonyl (C=O) groups excluding carboxylic acids is 1. The van der Waals surface area contributed by atoms with Crippen LogP contribution in [0, 0.1) is 6.92 Å². The summed E-state index contributed by atoms with van der Waals surface area (Å²) in [6.07, 6.45) is -0.702. The minimum Gasteiger partial charge on any atom is -0.493 e. The maximum atomic E-state index is 12.8. The van der Waals surface area contributed by atoms with E-state index in [9.17, 15) is 13.2 Å². The van der Waals surface area contributed by atoms with Crippen LogP contribution in [0.3, 0.4) is 0 Å². The molecule has 2 aromatic rings. The number of hydrogen-bond acceptors (Lipinski definition) is 5. The number of hydrogen-bond donors (Lipinski definition) is 0. The normalized spacial score (nSPS) is 16.3. The third-order valence-electron chi connectivity index (χ3n) is 4.93. The number of piperazine rings is 1. The summed E-state index contributed by atoms with van der Waals surface area (Å²) in [5.41, 5.74) is 1.00. The van der Waals surface area contributed by atoms with E-state index in [0.717, 1.165) is 5.56 Å². The van der Waals surface area contributed by atoms with Gasteiger partial charge in [0, 0.05) is 26.2 Å². The minimum atomic E-state index is -3.56. The number of sulfonamides is 1. The topological polar surface area (TPSA) is 76.2 Å². The largest absolute Gasteiger partial charge is 0.493 e. The number of ether oxygens (including phenoxy) is 2. The Labute approximate surface area is 171 Å². The summed E-state index contributed by atoms with van der Waals surface area (Å²) >= 11 is 0. The molecule has 0 aromatic heterocycles. The van der Waals surface area contributed by atoms with E-state index >= 15 is 0 Å². The lowest BCUT2D eigenvalue weighted by Crippen LogP contribution is -2.53. The second-order valence-corrected chi connectivity index (χ2v) is 8.89. The highest BCUT2D eigenvalue weighted by atomic mass is 32.2. The summed E-state index contributed by atoms with van der Waals surface area (Å²) in [5, 5.41) is 0. The molecule has 8 heteroatoms. The van der Waals surface area contributed by atoms with Crippen LogP contribution in [0.2, 0.25) is 0 Å². The summed E-state index contributed by atoms with van der Waals surface area (Å²) in [5.74, 6) is 0.876. The van der Waals surface area contributed by atoms with Crippen LogP contribution in [0.4, 0.5) is 0 Å². The number of para-hydroxylation sites is 2. The predicted molar refractivity (Wildman–Crippen MR) is 110 cm³/mol. The van der Waals surface area contributed by atoms with Crippen LogP contribution < -0.4 is 9.47 Å². The molecule has 1 aliphatic rings. The molecule has 0 bridgehead atoms. The molecular formula is C21H26N2O5S. The summed E-state index contributed by atoms with van der Waals surface area (Å²) in [6.45, 7) is 4.75. The predicted octanol–water partition coefficient (Wildman–Crippen LogP) is 2.30. The Balaban J connectivity index is 1.61. The van der Waals surface area contributed by atoms with Gasteiger partial charge in [-0.3, -0.25) is 4.79 Å². The number of methoxy groups -OCH3 is 1. The van der Waals surface area contributed by atoms with E-state index < -0.39 is 16.1 Å². The van der Waals surface area contributed by atoms with Crippen LogP contribution in [-0.2, 0) is 14.8 Å². The highest BCUT2D eigenvalue weighted by molar-refractivity contribution is 7.89. The lowest BCUT2D eigenvalue weighted by molar-refractivity contribution is -0.139. The van der Waals surface area contributed by atoms with Gasteiger partial charge in [-0.1, -0.05) is 29.8 Å². The van der Waals surface area contributed by atoms with Gasteiger partial charge in [0.2, 0.25) is 10.0 Å². The quantitative estimate of drug-likeness (QED) is 0.720. The van der Waals surface area contributed by atoms with Crippen molar-refractivity contribution < 1.29 is 22.7 Å². The van der Waals surface area contributed by atoms with E-state index in [1.54, 1.807) is 55.3 Å². The third-order valence-corrected chi connectivity index (χ3v) is 6.84. The Morgan fingerprint density at radius 3 is 2.14 bits per heavy atom.